The summed E-state index contributed by atoms with van der Waals surface area (Å²) in [6.45, 7) is 4.40. The number of nitrogens with zero attached hydrogens (tertiary/aromatic N) is 1. The minimum atomic E-state index is 0.154. The van der Waals surface area contributed by atoms with E-state index in [1.165, 1.54) is 18.5 Å². The Bertz CT molecular complexity index is 606. The molecule has 2 aromatic carbocycles. The van der Waals surface area contributed by atoms with Crippen molar-refractivity contribution < 1.29 is 5.11 Å². The number of hydrogen-bond acceptors (Lipinski definition) is 3. The molecular weight excluding hydrogens is 260 g/mol. The van der Waals surface area contributed by atoms with Crippen LogP contribution in [0, 0.1) is 0 Å². The summed E-state index contributed by atoms with van der Waals surface area (Å²) in [5.41, 5.74) is 3.53. The molecule has 3 rings (SSSR count). The Morgan fingerprint density at radius 2 is 1.81 bits per heavy atom. The van der Waals surface area contributed by atoms with Crippen molar-refractivity contribution in [1.82, 2.24) is 0 Å². The molecule has 2 N–H and O–H groups in total. The van der Waals surface area contributed by atoms with Crippen LogP contribution in [-0.4, -0.2) is 18.2 Å². The highest BCUT2D eigenvalue weighted by Crippen LogP contribution is 2.31. The number of nitrogens with one attached hydrogen (secondary N) is 1. The van der Waals surface area contributed by atoms with Gasteiger partial charge in [-0.15, -0.1) is 0 Å². The first-order valence-corrected chi connectivity index (χ1v) is 7.63. The number of phenols is 1. The highest BCUT2D eigenvalue weighted by Gasteiger charge is 2.16. The lowest BCUT2D eigenvalue weighted by Crippen LogP contribution is -2.20. The van der Waals surface area contributed by atoms with E-state index in [-0.39, 0.29) is 6.04 Å². The topological polar surface area (TPSA) is 35.5 Å². The van der Waals surface area contributed by atoms with Crippen molar-refractivity contribution in [3.8, 4) is 5.75 Å². The normalized spacial score (nSPS) is 16.0. The van der Waals surface area contributed by atoms with Gasteiger partial charge in [0.25, 0.3) is 0 Å². The third kappa shape index (κ3) is 3.13. The van der Waals surface area contributed by atoms with Crippen molar-refractivity contribution in [2.45, 2.75) is 25.8 Å². The van der Waals surface area contributed by atoms with Crippen LogP contribution >= 0.6 is 0 Å². The SMILES string of the molecule is CC(Nc1ccccc1N1CCCC1)c1cccc(O)c1. The Labute approximate surface area is 126 Å². The first-order chi connectivity index (χ1) is 10.2. The molecular formula is C18H22N2O. The van der Waals surface area contributed by atoms with Crippen LogP contribution in [0.4, 0.5) is 11.4 Å². The number of hydrogen-bond donors (Lipinski definition) is 2. The zero-order valence-electron chi connectivity index (χ0n) is 12.4. The minimum Gasteiger partial charge on any atom is -0.508 e. The summed E-state index contributed by atoms with van der Waals surface area (Å²) in [7, 11) is 0. The molecule has 1 saturated heterocycles. The quantitative estimate of drug-likeness (QED) is 0.883. The van der Waals surface area contributed by atoms with Gasteiger partial charge in [-0.05, 0) is 49.6 Å². The third-order valence-electron chi connectivity index (χ3n) is 4.09. The zero-order valence-corrected chi connectivity index (χ0v) is 12.4. The van der Waals surface area contributed by atoms with Gasteiger partial charge in [0.2, 0.25) is 0 Å². The lowest BCUT2D eigenvalue weighted by atomic mass is 10.1. The van der Waals surface area contributed by atoms with Gasteiger partial charge in [-0.2, -0.15) is 0 Å². The Hall–Kier alpha value is -2.16. The zero-order chi connectivity index (χ0) is 14.7. The van der Waals surface area contributed by atoms with E-state index in [0.717, 1.165) is 24.3 Å². The summed E-state index contributed by atoms with van der Waals surface area (Å²) in [6.07, 6.45) is 2.55. The lowest BCUT2D eigenvalue weighted by Gasteiger charge is -2.24. The van der Waals surface area contributed by atoms with Crippen molar-refractivity contribution in [2.24, 2.45) is 0 Å². The summed E-state index contributed by atoms with van der Waals surface area (Å²) in [6, 6.07) is 16.1. The van der Waals surface area contributed by atoms with Crippen LogP contribution < -0.4 is 10.2 Å². The molecule has 110 valence electrons. The van der Waals surface area contributed by atoms with E-state index < -0.39 is 0 Å². The number of rotatable bonds is 4. The average molecular weight is 282 g/mol. The Balaban J connectivity index is 1.81. The van der Waals surface area contributed by atoms with E-state index in [0.29, 0.717) is 5.75 Å². The molecule has 1 atom stereocenters. The molecule has 1 aliphatic heterocycles. The molecule has 1 unspecified atom stereocenters. The number of anilines is 2. The van der Waals surface area contributed by atoms with Crippen LogP contribution in [0.5, 0.6) is 5.75 Å². The maximum atomic E-state index is 9.62. The summed E-state index contributed by atoms with van der Waals surface area (Å²) in [4.78, 5) is 2.44. The largest absolute Gasteiger partial charge is 0.508 e. The summed E-state index contributed by atoms with van der Waals surface area (Å²) >= 11 is 0. The molecule has 0 radical (unpaired) electrons. The minimum absolute atomic E-state index is 0.154. The molecule has 0 spiro atoms. The molecule has 0 saturated carbocycles. The first kappa shape index (κ1) is 13.8. The van der Waals surface area contributed by atoms with Gasteiger partial charge >= 0.3 is 0 Å². The molecule has 3 heteroatoms. The van der Waals surface area contributed by atoms with Crippen LogP contribution in [-0.2, 0) is 0 Å². The van der Waals surface area contributed by atoms with Crippen LogP contribution in [0.25, 0.3) is 0 Å². The maximum absolute atomic E-state index is 9.62. The maximum Gasteiger partial charge on any atom is 0.115 e. The molecule has 1 aliphatic rings. The second-order valence-electron chi connectivity index (χ2n) is 5.67. The predicted octanol–water partition coefficient (Wildman–Crippen LogP) is 4.17. The first-order valence-electron chi connectivity index (χ1n) is 7.63. The Morgan fingerprint density at radius 1 is 1.05 bits per heavy atom. The predicted molar refractivity (Wildman–Crippen MR) is 88.0 cm³/mol. The van der Waals surface area contributed by atoms with Gasteiger partial charge in [0, 0.05) is 19.1 Å². The van der Waals surface area contributed by atoms with Gasteiger partial charge in [-0.25, -0.2) is 0 Å². The van der Waals surface area contributed by atoms with E-state index in [4.69, 9.17) is 0 Å². The van der Waals surface area contributed by atoms with Gasteiger partial charge in [0.15, 0.2) is 0 Å². The fourth-order valence-corrected chi connectivity index (χ4v) is 2.94. The highest BCUT2D eigenvalue weighted by molar-refractivity contribution is 5.70. The van der Waals surface area contributed by atoms with Gasteiger partial charge in [-0.1, -0.05) is 24.3 Å². The second kappa shape index (κ2) is 6.08. The van der Waals surface area contributed by atoms with Gasteiger partial charge in [0.05, 0.1) is 11.4 Å². The van der Waals surface area contributed by atoms with Gasteiger partial charge in [-0.3, -0.25) is 0 Å². The molecule has 3 nitrogen and oxygen atoms in total. The monoisotopic (exact) mass is 282 g/mol. The summed E-state index contributed by atoms with van der Waals surface area (Å²) < 4.78 is 0. The Morgan fingerprint density at radius 3 is 2.57 bits per heavy atom. The van der Waals surface area contributed by atoms with Crippen LogP contribution in [0.3, 0.4) is 0 Å². The van der Waals surface area contributed by atoms with E-state index in [1.54, 1.807) is 6.07 Å². The molecule has 0 aromatic heterocycles. The average Bonchev–Trinajstić information content (AvgIpc) is 3.02. The Kier molecular flexibility index (Phi) is 4.00. The van der Waals surface area contributed by atoms with E-state index in [1.807, 2.05) is 18.2 Å². The van der Waals surface area contributed by atoms with E-state index >= 15 is 0 Å². The van der Waals surface area contributed by atoms with Gasteiger partial charge < -0.3 is 15.3 Å². The van der Waals surface area contributed by atoms with Crippen molar-refractivity contribution >= 4 is 11.4 Å². The molecule has 0 aliphatic carbocycles. The lowest BCUT2D eigenvalue weighted by molar-refractivity contribution is 0.474. The number of para-hydroxylation sites is 2. The summed E-state index contributed by atoms with van der Waals surface area (Å²) in [5.74, 6) is 0.314. The fraction of sp³-hybridized carbons (Fsp3) is 0.333. The van der Waals surface area contributed by atoms with E-state index in [9.17, 15) is 5.11 Å². The fourth-order valence-electron chi connectivity index (χ4n) is 2.94. The van der Waals surface area contributed by atoms with Crippen molar-refractivity contribution in [1.29, 1.82) is 0 Å². The molecule has 0 amide bonds. The second-order valence-corrected chi connectivity index (χ2v) is 5.67. The summed E-state index contributed by atoms with van der Waals surface area (Å²) in [5, 5.41) is 13.2. The van der Waals surface area contributed by atoms with Crippen molar-refractivity contribution in [3.63, 3.8) is 0 Å². The molecule has 1 fully saturated rings. The molecule has 0 bridgehead atoms. The standard InChI is InChI=1S/C18H22N2O/c1-14(15-7-6-8-16(21)13-15)19-17-9-2-3-10-18(17)20-11-4-5-12-20/h2-3,6-10,13-14,19,21H,4-5,11-12H2,1H3. The smallest absolute Gasteiger partial charge is 0.115 e. The van der Waals surface area contributed by atoms with Crippen LogP contribution in [0.15, 0.2) is 48.5 Å². The molecule has 21 heavy (non-hydrogen) atoms. The number of aromatic hydroxyl groups is 1. The van der Waals surface area contributed by atoms with Crippen molar-refractivity contribution in [2.75, 3.05) is 23.3 Å². The van der Waals surface area contributed by atoms with Crippen LogP contribution in [0.2, 0.25) is 0 Å². The molecule has 1 heterocycles. The number of phenolic OH excluding ortho intramolecular Hbond substituents is 1. The number of benzene rings is 2. The van der Waals surface area contributed by atoms with Crippen molar-refractivity contribution in [3.05, 3.63) is 54.1 Å². The highest BCUT2D eigenvalue weighted by atomic mass is 16.3. The van der Waals surface area contributed by atoms with E-state index in [2.05, 4.69) is 41.4 Å². The van der Waals surface area contributed by atoms with Gasteiger partial charge in [0.1, 0.15) is 5.75 Å². The third-order valence-corrected chi connectivity index (χ3v) is 4.09. The molecule has 2 aromatic rings. The van der Waals surface area contributed by atoms with Crippen LogP contribution in [0.1, 0.15) is 31.4 Å².